The number of likely N-dealkylation sites (tertiary alicyclic amines) is 1. The zero-order valence-electron chi connectivity index (χ0n) is 14.2. The Morgan fingerprint density at radius 3 is 2.93 bits per heavy atom. The van der Waals surface area contributed by atoms with E-state index in [1.54, 1.807) is 4.90 Å². The number of carbonyl (C=O) groups excluding carboxylic acids is 1. The van der Waals surface area contributed by atoms with Gasteiger partial charge in [0, 0.05) is 24.2 Å². The molecule has 1 aromatic carbocycles. The van der Waals surface area contributed by atoms with Crippen LogP contribution in [0.2, 0.25) is 0 Å². The summed E-state index contributed by atoms with van der Waals surface area (Å²) in [6.45, 7) is 2.28. The number of oxazole rings is 1. The van der Waals surface area contributed by atoms with Crippen LogP contribution in [0.4, 0.5) is 13.2 Å². The number of ether oxygens (including phenoxy) is 1. The first-order valence-electron chi connectivity index (χ1n) is 8.04. The molecule has 1 saturated heterocycles. The summed E-state index contributed by atoms with van der Waals surface area (Å²) >= 11 is 0. The summed E-state index contributed by atoms with van der Waals surface area (Å²) in [7, 11) is 0. The molecule has 0 bridgehead atoms. The lowest BCUT2D eigenvalue weighted by atomic mass is 10.2. The zero-order chi connectivity index (χ0) is 19.6. The number of carbonyl (C=O) groups is 1. The molecule has 1 aliphatic heterocycles. The number of rotatable bonds is 4. The van der Waals surface area contributed by atoms with Crippen LogP contribution in [0, 0.1) is 11.5 Å². The van der Waals surface area contributed by atoms with Crippen molar-refractivity contribution in [2.75, 3.05) is 6.54 Å². The van der Waals surface area contributed by atoms with Gasteiger partial charge in [-0.05, 0) is 25.5 Å². The Hall–Kier alpha value is -3.22. The summed E-state index contributed by atoms with van der Waals surface area (Å²) in [6.07, 6.45) is -0.885. The first kappa shape index (κ1) is 18.6. The highest BCUT2D eigenvalue weighted by Gasteiger charge is 2.32. The van der Waals surface area contributed by atoms with Crippen molar-refractivity contribution in [1.82, 2.24) is 15.2 Å². The third-order valence-corrected chi connectivity index (χ3v) is 4.09. The maximum atomic E-state index is 12.3. The van der Waals surface area contributed by atoms with Crippen molar-refractivity contribution in [3.05, 3.63) is 36.4 Å². The van der Waals surface area contributed by atoms with Crippen molar-refractivity contribution < 1.29 is 27.1 Å². The van der Waals surface area contributed by atoms with Crippen molar-refractivity contribution >= 4 is 5.91 Å². The second-order valence-corrected chi connectivity index (χ2v) is 6.11. The molecule has 1 amide bonds. The van der Waals surface area contributed by atoms with E-state index in [0.29, 0.717) is 13.0 Å². The fourth-order valence-electron chi connectivity index (χ4n) is 2.88. The first-order chi connectivity index (χ1) is 12.7. The van der Waals surface area contributed by atoms with Crippen molar-refractivity contribution in [2.45, 2.75) is 31.8 Å². The van der Waals surface area contributed by atoms with Gasteiger partial charge >= 0.3 is 12.3 Å². The van der Waals surface area contributed by atoms with Crippen LogP contribution >= 0.6 is 0 Å². The van der Waals surface area contributed by atoms with Crippen LogP contribution in [0.1, 0.15) is 24.0 Å². The molecule has 7 nitrogen and oxygen atoms in total. The van der Waals surface area contributed by atoms with E-state index in [0.717, 1.165) is 12.1 Å². The molecular formula is C17H15F3N4O3. The minimum atomic E-state index is -4.80. The fourth-order valence-corrected chi connectivity index (χ4v) is 2.88. The predicted octanol–water partition coefficient (Wildman–Crippen LogP) is 2.91. The summed E-state index contributed by atoms with van der Waals surface area (Å²) in [6, 6.07) is 4.98. The summed E-state index contributed by atoms with van der Waals surface area (Å²) in [5, 5.41) is 11.7. The Morgan fingerprint density at radius 2 is 2.26 bits per heavy atom. The lowest BCUT2D eigenvalue weighted by Crippen LogP contribution is -2.36. The molecule has 0 spiro atoms. The second kappa shape index (κ2) is 7.19. The summed E-state index contributed by atoms with van der Waals surface area (Å²) in [5.74, 6) is -1.04. The third-order valence-electron chi connectivity index (χ3n) is 4.09. The average Bonchev–Trinajstić information content (AvgIpc) is 3.20. The molecule has 0 unspecified atom stereocenters. The van der Waals surface area contributed by atoms with Crippen LogP contribution in [0.5, 0.6) is 5.75 Å². The molecule has 0 radical (unpaired) electrons. The van der Waals surface area contributed by atoms with Crippen LogP contribution < -0.4 is 10.1 Å². The maximum absolute atomic E-state index is 12.3. The molecule has 10 heteroatoms. The number of amides is 1. The molecule has 27 heavy (non-hydrogen) atoms. The number of nitrogens with zero attached hydrogens (tertiary/aromatic N) is 3. The molecule has 3 rings (SSSR count). The van der Waals surface area contributed by atoms with Crippen LogP contribution in [-0.4, -0.2) is 40.8 Å². The summed E-state index contributed by atoms with van der Waals surface area (Å²) < 4.78 is 46.2. The van der Waals surface area contributed by atoms with E-state index in [-0.39, 0.29) is 29.3 Å². The van der Waals surface area contributed by atoms with Gasteiger partial charge in [-0.15, -0.1) is 13.2 Å². The lowest BCUT2D eigenvalue weighted by molar-refractivity contribution is -0.274. The van der Waals surface area contributed by atoms with Gasteiger partial charge in [0.25, 0.3) is 5.89 Å². The molecule has 2 atom stereocenters. The van der Waals surface area contributed by atoms with Crippen molar-refractivity contribution in [3.8, 4) is 23.3 Å². The van der Waals surface area contributed by atoms with E-state index < -0.39 is 18.0 Å². The summed E-state index contributed by atoms with van der Waals surface area (Å²) in [5.41, 5.74) is 0.286. The number of nitrogens with one attached hydrogen (secondary N) is 1. The van der Waals surface area contributed by atoms with Crippen LogP contribution in [0.25, 0.3) is 11.3 Å². The number of aromatic nitrogens is 1. The normalized spacial score (nSPS) is 19.6. The first-order valence-corrected chi connectivity index (χ1v) is 8.04. The van der Waals surface area contributed by atoms with Gasteiger partial charge < -0.3 is 19.4 Å². The highest BCUT2D eigenvalue weighted by Crippen LogP contribution is 2.28. The van der Waals surface area contributed by atoms with Gasteiger partial charge in [0.05, 0.1) is 6.20 Å². The molecular weight excluding hydrogens is 365 g/mol. The monoisotopic (exact) mass is 380 g/mol. The minimum Gasteiger partial charge on any atom is -0.432 e. The average molecular weight is 380 g/mol. The van der Waals surface area contributed by atoms with Crippen molar-refractivity contribution in [1.29, 1.82) is 5.26 Å². The molecule has 0 aliphatic carbocycles. The molecule has 1 aromatic heterocycles. The molecule has 2 heterocycles. The minimum absolute atomic E-state index is 0.0248. The van der Waals surface area contributed by atoms with E-state index in [1.807, 2.05) is 6.92 Å². The van der Waals surface area contributed by atoms with Gasteiger partial charge in [-0.3, -0.25) is 4.79 Å². The fraction of sp³-hybridized carbons (Fsp3) is 0.353. The number of hydrogen-bond donors (Lipinski definition) is 1. The Balaban J connectivity index is 1.69. The van der Waals surface area contributed by atoms with E-state index in [9.17, 15) is 18.0 Å². The van der Waals surface area contributed by atoms with Crippen LogP contribution in [-0.2, 0) is 0 Å². The van der Waals surface area contributed by atoms with E-state index >= 15 is 0 Å². The molecule has 1 N–H and O–H groups in total. The largest absolute Gasteiger partial charge is 0.573 e. The van der Waals surface area contributed by atoms with Crippen molar-refractivity contribution in [3.63, 3.8) is 0 Å². The number of benzene rings is 1. The molecule has 2 aromatic rings. The van der Waals surface area contributed by atoms with Gasteiger partial charge in [-0.2, -0.15) is 5.26 Å². The van der Waals surface area contributed by atoms with Crippen molar-refractivity contribution in [2.24, 2.45) is 0 Å². The standard InChI is InChI=1S/C17H15F3N4O3/c1-10-5-12(8-24(10)9-21)23-15(25)16-22-7-14(26-16)11-3-2-4-13(6-11)27-17(18,19)20/h2-4,6-7,10,12H,5,8H2,1H3,(H,23,25)/t10-,12-/m1/s1. The lowest BCUT2D eigenvalue weighted by Gasteiger charge is -2.11. The second-order valence-electron chi connectivity index (χ2n) is 6.11. The quantitative estimate of drug-likeness (QED) is 0.820. The van der Waals surface area contributed by atoms with E-state index in [1.165, 1.54) is 18.3 Å². The highest BCUT2D eigenvalue weighted by atomic mass is 19.4. The Morgan fingerprint density at radius 1 is 1.48 bits per heavy atom. The maximum Gasteiger partial charge on any atom is 0.573 e. The van der Waals surface area contributed by atoms with Gasteiger partial charge in [-0.25, -0.2) is 4.98 Å². The van der Waals surface area contributed by atoms with E-state index in [2.05, 4.69) is 21.2 Å². The van der Waals surface area contributed by atoms with E-state index in [4.69, 9.17) is 9.68 Å². The number of hydrogen-bond acceptors (Lipinski definition) is 6. The Labute approximate surface area is 152 Å². The molecule has 1 aliphatic rings. The number of halogens is 3. The van der Waals surface area contributed by atoms with Gasteiger partial charge in [0.15, 0.2) is 12.0 Å². The van der Waals surface area contributed by atoms with Gasteiger partial charge in [0.1, 0.15) is 5.75 Å². The predicted molar refractivity (Wildman–Crippen MR) is 86.3 cm³/mol. The number of nitriles is 1. The molecule has 142 valence electrons. The molecule has 1 fully saturated rings. The Kier molecular flexibility index (Phi) is 4.94. The van der Waals surface area contributed by atoms with Crippen LogP contribution in [0.3, 0.4) is 0 Å². The third kappa shape index (κ3) is 4.49. The SMILES string of the molecule is C[C@@H]1C[C@@H](NC(=O)c2ncc(-c3cccc(OC(F)(F)F)c3)o2)CN1C#N. The van der Waals surface area contributed by atoms with Gasteiger partial charge in [-0.1, -0.05) is 12.1 Å². The van der Waals surface area contributed by atoms with Crippen LogP contribution in [0.15, 0.2) is 34.9 Å². The smallest absolute Gasteiger partial charge is 0.432 e. The topological polar surface area (TPSA) is 91.4 Å². The number of alkyl halides is 3. The summed E-state index contributed by atoms with van der Waals surface area (Å²) in [4.78, 5) is 17.7. The Bertz CT molecular complexity index is 875. The highest BCUT2D eigenvalue weighted by molar-refractivity contribution is 5.90. The van der Waals surface area contributed by atoms with Gasteiger partial charge in [0.2, 0.25) is 0 Å². The zero-order valence-corrected chi connectivity index (χ0v) is 14.2. The molecule has 0 saturated carbocycles.